The zero-order valence-corrected chi connectivity index (χ0v) is 15.0. The van der Waals surface area contributed by atoms with E-state index in [9.17, 15) is 9.90 Å². The Kier molecular flexibility index (Phi) is 13.3. The van der Waals surface area contributed by atoms with Gasteiger partial charge in [0.15, 0.2) is 0 Å². The minimum absolute atomic E-state index is 0.256. The van der Waals surface area contributed by atoms with E-state index in [4.69, 9.17) is 5.11 Å². The number of rotatable bonds is 7. The summed E-state index contributed by atoms with van der Waals surface area (Å²) < 4.78 is -1.00. The summed E-state index contributed by atoms with van der Waals surface area (Å²) in [5, 5.41) is 18.4. The van der Waals surface area contributed by atoms with E-state index in [0.717, 1.165) is 19.3 Å². The van der Waals surface area contributed by atoms with Crippen molar-refractivity contribution >= 4 is 50.3 Å². The van der Waals surface area contributed by atoms with Crippen LogP contribution in [0.15, 0.2) is 0 Å². The molecule has 98 valence electrons. The molecule has 0 spiro atoms. The first-order valence-corrected chi connectivity index (χ1v) is 11.2. The zero-order chi connectivity index (χ0) is 13.2. The first-order valence-electron chi connectivity index (χ1n) is 5.20. The van der Waals surface area contributed by atoms with Crippen LogP contribution < -0.4 is 0 Å². The summed E-state index contributed by atoms with van der Waals surface area (Å²) in [6.45, 7) is 3.66. The number of hydrogen-bond acceptors (Lipinski definition) is 2. The van der Waals surface area contributed by atoms with Crippen molar-refractivity contribution in [2.75, 3.05) is 0 Å². The number of alkyl halides is 1. The van der Waals surface area contributed by atoms with Crippen molar-refractivity contribution < 1.29 is 15.0 Å². The molecular formula is C10H21BrO3Se2. The summed E-state index contributed by atoms with van der Waals surface area (Å²) in [6, 6.07) is 0. The van der Waals surface area contributed by atoms with Gasteiger partial charge in [0, 0.05) is 0 Å². The van der Waals surface area contributed by atoms with Gasteiger partial charge in [-0.2, -0.15) is 0 Å². The first-order chi connectivity index (χ1) is 7.40. The molecule has 16 heavy (non-hydrogen) atoms. The van der Waals surface area contributed by atoms with Crippen LogP contribution in [-0.4, -0.2) is 55.0 Å². The second-order valence-electron chi connectivity index (χ2n) is 3.86. The number of aliphatic hydroxyl groups is 1. The predicted molar refractivity (Wildman–Crippen MR) is 74.0 cm³/mol. The van der Waals surface area contributed by atoms with Crippen molar-refractivity contribution in [3.05, 3.63) is 0 Å². The maximum atomic E-state index is 10.7. The number of unbranched alkanes of at least 4 members (excludes halogenated alkanes) is 2. The molecule has 0 heterocycles. The van der Waals surface area contributed by atoms with E-state index in [1.165, 1.54) is 0 Å². The van der Waals surface area contributed by atoms with Gasteiger partial charge in [-0.3, -0.25) is 4.79 Å². The third-order valence-electron chi connectivity index (χ3n) is 2.21. The van der Waals surface area contributed by atoms with Crippen LogP contribution >= 0.6 is 15.9 Å². The quantitative estimate of drug-likeness (QED) is 0.366. The summed E-state index contributed by atoms with van der Waals surface area (Å²) in [4.78, 5) is 10.7. The van der Waals surface area contributed by atoms with Crippen molar-refractivity contribution in [2.45, 2.75) is 56.4 Å². The average molecular weight is 427 g/mol. The Bertz CT molecular complexity index is 189. The minimum atomic E-state index is -1.00. The van der Waals surface area contributed by atoms with E-state index in [1.807, 2.05) is 0 Å². The van der Waals surface area contributed by atoms with E-state index in [2.05, 4.69) is 51.2 Å². The summed E-state index contributed by atoms with van der Waals surface area (Å²) in [5.74, 6) is -0.924. The molecule has 2 unspecified atom stereocenters. The van der Waals surface area contributed by atoms with Crippen LogP contribution in [0.3, 0.4) is 0 Å². The van der Waals surface area contributed by atoms with E-state index in [1.54, 1.807) is 6.92 Å². The molecule has 0 amide bonds. The number of carbonyl (C=O) groups is 1. The van der Waals surface area contributed by atoms with Crippen LogP contribution in [0.25, 0.3) is 0 Å². The van der Waals surface area contributed by atoms with Crippen LogP contribution in [0, 0.1) is 0 Å². The Labute approximate surface area is 121 Å². The van der Waals surface area contributed by atoms with E-state index >= 15 is 0 Å². The molecule has 0 fully saturated rings. The van der Waals surface area contributed by atoms with Crippen molar-refractivity contribution in [2.24, 2.45) is 0 Å². The van der Waals surface area contributed by atoms with Gasteiger partial charge in [0.05, 0.1) is 6.10 Å². The van der Waals surface area contributed by atoms with Crippen LogP contribution in [0.1, 0.15) is 46.0 Å². The second-order valence-corrected chi connectivity index (χ2v) is 5.61. The number of hydrogen-bond donors (Lipinski definition) is 2. The standard InChI is InChI=1S/C10H19BrO3.H2Se2/c1-3-4-5-6-8(12)7-10(2,11)9(13)14;1-2/h8,12H,3-7H2,1-2H3,(H,13,14);1-2H. The second kappa shape index (κ2) is 11.1. The van der Waals surface area contributed by atoms with Gasteiger partial charge < -0.3 is 10.2 Å². The molecule has 0 saturated carbocycles. The summed E-state index contributed by atoms with van der Waals surface area (Å²) in [6.07, 6.45) is 3.57. The van der Waals surface area contributed by atoms with Gasteiger partial charge in [-0.05, 0) is 19.8 Å². The van der Waals surface area contributed by atoms with Crippen LogP contribution in [0.4, 0.5) is 0 Å². The number of aliphatic hydroxyl groups excluding tert-OH is 1. The number of halogens is 1. The molecule has 0 radical (unpaired) electrons. The summed E-state index contributed by atoms with van der Waals surface area (Å²) in [7, 11) is 0. The van der Waals surface area contributed by atoms with Crippen molar-refractivity contribution in [1.29, 1.82) is 0 Å². The molecule has 0 aliphatic carbocycles. The molecule has 0 aliphatic rings. The zero-order valence-electron chi connectivity index (χ0n) is 9.69. The number of carboxylic acids is 1. The van der Waals surface area contributed by atoms with Crippen LogP contribution in [0.2, 0.25) is 0 Å². The molecule has 0 saturated heterocycles. The molecule has 0 aromatic rings. The Hall–Kier alpha value is 0.949. The van der Waals surface area contributed by atoms with Gasteiger partial charge in [0.1, 0.15) is 4.32 Å². The summed E-state index contributed by atoms with van der Waals surface area (Å²) in [5.41, 5.74) is 0. The molecular weight excluding hydrogens is 406 g/mol. The predicted octanol–water partition coefficient (Wildman–Crippen LogP) is 1.26. The monoisotopic (exact) mass is 428 g/mol. The Morgan fingerprint density at radius 3 is 2.31 bits per heavy atom. The fraction of sp³-hybridized carbons (Fsp3) is 0.900. The van der Waals surface area contributed by atoms with Gasteiger partial charge in [-0.1, -0.05) is 42.1 Å². The van der Waals surface area contributed by atoms with E-state index in [0.29, 0.717) is 6.42 Å². The third-order valence-corrected chi connectivity index (χ3v) is 2.87. The Morgan fingerprint density at radius 1 is 1.44 bits per heavy atom. The molecule has 2 N–H and O–H groups in total. The van der Waals surface area contributed by atoms with Gasteiger partial charge in [-0.25, -0.2) is 0 Å². The van der Waals surface area contributed by atoms with Crippen molar-refractivity contribution in [1.82, 2.24) is 0 Å². The Morgan fingerprint density at radius 2 is 1.94 bits per heavy atom. The molecule has 3 nitrogen and oxygen atoms in total. The maximum absolute atomic E-state index is 10.7. The molecule has 6 heteroatoms. The molecule has 2 atom stereocenters. The van der Waals surface area contributed by atoms with Crippen LogP contribution in [0.5, 0.6) is 0 Å². The molecule has 0 rings (SSSR count). The number of carboxylic acid groups (broad SMARTS) is 1. The normalized spacial score (nSPS) is 15.6. The van der Waals surface area contributed by atoms with E-state index < -0.39 is 16.4 Å². The van der Waals surface area contributed by atoms with Crippen molar-refractivity contribution in [3.63, 3.8) is 0 Å². The van der Waals surface area contributed by atoms with Gasteiger partial charge >= 0.3 is 34.3 Å². The molecule has 0 aromatic carbocycles. The average Bonchev–Trinajstić information content (AvgIpc) is 2.20. The fourth-order valence-electron chi connectivity index (χ4n) is 1.26. The third kappa shape index (κ3) is 10.1. The summed E-state index contributed by atoms with van der Waals surface area (Å²) >= 11 is 7.60. The fourth-order valence-corrected chi connectivity index (χ4v) is 1.64. The SMILES string of the molecule is CCCCCC(O)CC(C)(Br)C(=O)O.[SeH][SeH]. The van der Waals surface area contributed by atoms with Crippen LogP contribution in [-0.2, 0) is 4.79 Å². The topological polar surface area (TPSA) is 57.5 Å². The van der Waals surface area contributed by atoms with E-state index in [-0.39, 0.29) is 6.42 Å². The van der Waals surface area contributed by atoms with Gasteiger partial charge in [0.2, 0.25) is 0 Å². The molecule has 0 aliphatic heterocycles. The first kappa shape index (κ1) is 19.3. The molecule has 0 bridgehead atoms. The number of aliphatic carboxylic acids is 1. The molecule has 0 aromatic heterocycles. The van der Waals surface area contributed by atoms with Gasteiger partial charge in [-0.15, -0.1) is 0 Å². The Balaban J connectivity index is 0. The van der Waals surface area contributed by atoms with Crippen molar-refractivity contribution in [3.8, 4) is 0 Å². The van der Waals surface area contributed by atoms with Gasteiger partial charge in [0.25, 0.3) is 0 Å².